The minimum atomic E-state index is -0.362. The lowest BCUT2D eigenvalue weighted by Gasteiger charge is -2.21. The van der Waals surface area contributed by atoms with Gasteiger partial charge >= 0.3 is 0 Å². The summed E-state index contributed by atoms with van der Waals surface area (Å²) in [6, 6.07) is 14.9. The first-order valence-corrected chi connectivity index (χ1v) is 7.63. The van der Waals surface area contributed by atoms with Gasteiger partial charge in [-0.25, -0.2) is 9.37 Å². The number of hydrogen-bond donors (Lipinski definition) is 0. The van der Waals surface area contributed by atoms with Crippen LogP contribution in [-0.4, -0.2) is 10.9 Å². The highest BCUT2D eigenvalue weighted by Gasteiger charge is 2.19. The number of carbonyl (C=O) groups is 1. The van der Waals surface area contributed by atoms with Gasteiger partial charge in [0.1, 0.15) is 11.6 Å². The van der Waals surface area contributed by atoms with Crippen molar-refractivity contribution in [3.8, 4) is 0 Å². The van der Waals surface area contributed by atoms with Gasteiger partial charge in [-0.1, -0.05) is 12.1 Å². The summed E-state index contributed by atoms with van der Waals surface area (Å²) < 4.78 is 13.0. The summed E-state index contributed by atoms with van der Waals surface area (Å²) in [5.41, 5.74) is 0.434. The minimum Gasteiger partial charge on any atom is -0.287 e. The number of halogens is 1. The van der Waals surface area contributed by atoms with E-state index in [1.54, 1.807) is 34.6 Å². The molecule has 110 valence electrons. The first kappa shape index (κ1) is 14.4. The van der Waals surface area contributed by atoms with E-state index in [0.717, 1.165) is 4.88 Å². The van der Waals surface area contributed by atoms with E-state index in [0.29, 0.717) is 17.9 Å². The lowest BCUT2D eigenvalue weighted by molar-refractivity contribution is 0.0984. The number of rotatable bonds is 4. The van der Waals surface area contributed by atoms with E-state index in [-0.39, 0.29) is 11.7 Å². The predicted molar refractivity (Wildman–Crippen MR) is 85.5 cm³/mol. The Balaban J connectivity index is 1.94. The number of pyridine rings is 1. The van der Waals surface area contributed by atoms with Crippen molar-refractivity contribution in [2.45, 2.75) is 6.54 Å². The van der Waals surface area contributed by atoms with Crippen LogP contribution < -0.4 is 4.90 Å². The standard InChI is InChI=1S/C17H13FN2OS/c18-14-8-6-13(7-9-14)17(21)20(12-15-4-3-11-22-15)16-5-1-2-10-19-16/h1-11H,12H2. The fourth-order valence-electron chi connectivity index (χ4n) is 2.08. The molecule has 0 atom stereocenters. The molecule has 0 radical (unpaired) electrons. The summed E-state index contributed by atoms with van der Waals surface area (Å²) in [5, 5.41) is 1.97. The Labute approximate surface area is 131 Å². The van der Waals surface area contributed by atoms with E-state index < -0.39 is 0 Å². The second-order valence-electron chi connectivity index (χ2n) is 4.67. The summed E-state index contributed by atoms with van der Waals surface area (Å²) in [6.45, 7) is 0.435. The minimum absolute atomic E-state index is 0.202. The molecule has 2 aromatic heterocycles. The van der Waals surface area contributed by atoms with Crippen LogP contribution in [0, 0.1) is 5.82 Å². The van der Waals surface area contributed by atoms with Crippen molar-refractivity contribution in [1.82, 2.24) is 4.98 Å². The van der Waals surface area contributed by atoms with E-state index in [2.05, 4.69) is 4.98 Å². The van der Waals surface area contributed by atoms with Crippen LogP contribution in [0.4, 0.5) is 10.2 Å². The Kier molecular flexibility index (Phi) is 4.25. The van der Waals surface area contributed by atoms with Crippen molar-refractivity contribution >= 4 is 23.1 Å². The molecule has 0 aliphatic rings. The van der Waals surface area contributed by atoms with Crippen molar-refractivity contribution in [3.63, 3.8) is 0 Å². The van der Waals surface area contributed by atoms with E-state index in [4.69, 9.17) is 0 Å². The highest BCUT2D eigenvalue weighted by molar-refractivity contribution is 7.09. The molecule has 5 heteroatoms. The molecule has 3 aromatic rings. The second kappa shape index (κ2) is 6.49. The third-order valence-electron chi connectivity index (χ3n) is 3.16. The zero-order valence-corrected chi connectivity index (χ0v) is 12.5. The predicted octanol–water partition coefficient (Wildman–Crippen LogP) is 4.13. The zero-order valence-electron chi connectivity index (χ0n) is 11.6. The Morgan fingerprint density at radius 2 is 1.91 bits per heavy atom. The number of anilines is 1. The molecule has 1 aromatic carbocycles. The van der Waals surface area contributed by atoms with Crippen molar-refractivity contribution in [2.24, 2.45) is 0 Å². The maximum absolute atomic E-state index is 13.0. The number of hydrogen-bond acceptors (Lipinski definition) is 3. The van der Waals surface area contributed by atoms with Gasteiger partial charge in [-0.05, 0) is 47.8 Å². The maximum Gasteiger partial charge on any atom is 0.259 e. The molecule has 0 saturated carbocycles. The number of carbonyl (C=O) groups excluding carboxylic acids is 1. The Bertz CT molecular complexity index is 742. The van der Waals surface area contributed by atoms with Crippen LogP contribution in [0.15, 0.2) is 66.2 Å². The van der Waals surface area contributed by atoms with Crippen LogP contribution in [0.1, 0.15) is 15.2 Å². The Morgan fingerprint density at radius 1 is 1.09 bits per heavy atom. The molecule has 0 unspecified atom stereocenters. The number of nitrogens with zero attached hydrogens (tertiary/aromatic N) is 2. The molecule has 2 heterocycles. The van der Waals surface area contributed by atoms with E-state index in [1.807, 2.05) is 23.6 Å². The summed E-state index contributed by atoms with van der Waals surface area (Å²) in [7, 11) is 0. The molecule has 0 aliphatic carbocycles. The second-order valence-corrected chi connectivity index (χ2v) is 5.70. The summed E-state index contributed by atoms with van der Waals surface area (Å²) in [6.07, 6.45) is 1.65. The molecule has 0 bridgehead atoms. The third-order valence-corrected chi connectivity index (χ3v) is 4.02. The van der Waals surface area contributed by atoms with Crippen LogP contribution in [0.2, 0.25) is 0 Å². The largest absolute Gasteiger partial charge is 0.287 e. The van der Waals surface area contributed by atoms with Crippen molar-refractivity contribution < 1.29 is 9.18 Å². The van der Waals surface area contributed by atoms with Gasteiger partial charge in [0.2, 0.25) is 0 Å². The molecule has 0 fully saturated rings. The lowest BCUT2D eigenvalue weighted by Crippen LogP contribution is -2.30. The number of aromatic nitrogens is 1. The van der Waals surface area contributed by atoms with Crippen LogP contribution in [0.25, 0.3) is 0 Å². The number of thiophene rings is 1. The van der Waals surface area contributed by atoms with Gasteiger partial charge in [0.15, 0.2) is 0 Å². The number of amides is 1. The van der Waals surface area contributed by atoms with Gasteiger partial charge in [-0.2, -0.15) is 0 Å². The van der Waals surface area contributed by atoms with Gasteiger partial charge in [-0.3, -0.25) is 9.69 Å². The van der Waals surface area contributed by atoms with Crippen LogP contribution in [-0.2, 0) is 6.54 Å². The van der Waals surface area contributed by atoms with Crippen molar-refractivity contribution in [3.05, 3.63) is 82.4 Å². The Morgan fingerprint density at radius 3 is 2.55 bits per heavy atom. The molecule has 0 N–H and O–H groups in total. The fraction of sp³-hybridized carbons (Fsp3) is 0.0588. The first-order chi connectivity index (χ1) is 10.7. The topological polar surface area (TPSA) is 33.2 Å². The quantitative estimate of drug-likeness (QED) is 0.726. The molecule has 3 nitrogen and oxygen atoms in total. The van der Waals surface area contributed by atoms with Gasteiger partial charge in [0.05, 0.1) is 6.54 Å². The third kappa shape index (κ3) is 3.20. The summed E-state index contributed by atoms with van der Waals surface area (Å²) >= 11 is 1.58. The average Bonchev–Trinajstić information content (AvgIpc) is 3.07. The normalized spacial score (nSPS) is 10.4. The van der Waals surface area contributed by atoms with Crippen LogP contribution >= 0.6 is 11.3 Å². The monoisotopic (exact) mass is 312 g/mol. The zero-order chi connectivity index (χ0) is 15.4. The van der Waals surface area contributed by atoms with Crippen molar-refractivity contribution in [2.75, 3.05) is 4.90 Å². The van der Waals surface area contributed by atoms with Crippen LogP contribution in [0.5, 0.6) is 0 Å². The molecule has 1 amide bonds. The fourth-order valence-corrected chi connectivity index (χ4v) is 2.77. The highest BCUT2D eigenvalue weighted by atomic mass is 32.1. The molecule has 22 heavy (non-hydrogen) atoms. The van der Waals surface area contributed by atoms with E-state index >= 15 is 0 Å². The van der Waals surface area contributed by atoms with Gasteiger partial charge in [0.25, 0.3) is 5.91 Å². The maximum atomic E-state index is 13.0. The highest BCUT2D eigenvalue weighted by Crippen LogP contribution is 2.20. The van der Waals surface area contributed by atoms with Gasteiger partial charge in [-0.15, -0.1) is 11.3 Å². The van der Waals surface area contributed by atoms with Gasteiger partial charge < -0.3 is 0 Å². The smallest absolute Gasteiger partial charge is 0.259 e. The molecular weight excluding hydrogens is 299 g/mol. The lowest BCUT2D eigenvalue weighted by atomic mass is 10.2. The van der Waals surface area contributed by atoms with Crippen molar-refractivity contribution in [1.29, 1.82) is 0 Å². The van der Waals surface area contributed by atoms with E-state index in [9.17, 15) is 9.18 Å². The molecule has 0 spiro atoms. The SMILES string of the molecule is O=C(c1ccc(F)cc1)N(Cc1cccs1)c1ccccn1. The van der Waals surface area contributed by atoms with E-state index in [1.165, 1.54) is 24.3 Å². The van der Waals surface area contributed by atoms with Gasteiger partial charge in [0, 0.05) is 16.6 Å². The molecule has 3 rings (SSSR count). The molecular formula is C17H13FN2OS. The number of benzene rings is 1. The summed E-state index contributed by atoms with van der Waals surface area (Å²) in [5.74, 6) is 0.0107. The average molecular weight is 312 g/mol. The summed E-state index contributed by atoms with van der Waals surface area (Å²) in [4.78, 5) is 19.7. The molecule has 0 saturated heterocycles. The molecule has 0 aliphatic heterocycles. The van der Waals surface area contributed by atoms with Crippen LogP contribution in [0.3, 0.4) is 0 Å². The Hall–Kier alpha value is -2.53. The first-order valence-electron chi connectivity index (χ1n) is 6.75.